The highest BCUT2D eigenvalue weighted by Gasteiger charge is 2.17. The van der Waals surface area contributed by atoms with E-state index >= 15 is 0 Å². The highest BCUT2D eigenvalue weighted by molar-refractivity contribution is 6.14. The van der Waals surface area contributed by atoms with Crippen LogP contribution in [-0.2, 0) is 9.59 Å². The van der Waals surface area contributed by atoms with Crippen LogP contribution in [0.1, 0.15) is 0 Å². The van der Waals surface area contributed by atoms with Crippen molar-refractivity contribution in [1.82, 2.24) is 4.98 Å². The van der Waals surface area contributed by atoms with Crippen molar-refractivity contribution >= 4 is 44.8 Å². The maximum atomic E-state index is 10.9. The molecule has 2 aromatic heterocycles. The van der Waals surface area contributed by atoms with E-state index < -0.39 is 25.2 Å². The number of aliphatic carboxylic acids is 2. The molecule has 0 aliphatic rings. The van der Waals surface area contributed by atoms with Crippen molar-refractivity contribution in [3.8, 4) is 11.6 Å². The van der Waals surface area contributed by atoms with E-state index in [-0.39, 0.29) is 5.88 Å². The van der Waals surface area contributed by atoms with Crippen molar-refractivity contribution in [3.63, 3.8) is 0 Å². The molecule has 0 amide bonds. The predicted octanol–water partition coefficient (Wildman–Crippen LogP) is 3.06. The Kier molecular flexibility index (Phi) is 4.00. The van der Waals surface area contributed by atoms with Gasteiger partial charge >= 0.3 is 11.9 Å². The summed E-state index contributed by atoms with van der Waals surface area (Å²) in [7, 11) is 0. The summed E-state index contributed by atoms with van der Waals surface area (Å²) < 4.78 is 16.5. The first-order valence-electron chi connectivity index (χ1n) is 7.97. The molecule has 0 aliphatic carbocycles. The van der Waals surface area contributed by atoms with E-state index in [4.69, 9.17) is 24.1 Å². The molecular formula is C19H13NO7. The van der Waals surface area contributed by atoms with Crippen LogP contribution in [0.5, 0.6) is 11.6 Å². The van der Waals surface area contributed by atoms with E-state index in [1.807, 2.05) is 12.1 Å². The standard InChI is InChI=1S/C19H13NO7/c21-15(22)8-25-10-5-6-14-13(7-10)17-18(27-14)11-3-1-2-4-12(11)19(20-17)26-9-16(23)24/h1-7H,8-9H2,(H,21,22)(H,23,24). The second-order valence-corrected chi connectivity index (χ2v) is 5.77. The van der Waals surface area contributed by atoms with Gasteiger partial charge in [0.15, 0.2) is 18.8 Å². The minimum atomic E-state index is -1.11. The normalized spacial score (nSPS) is 11.1. The number of carboxylic acid groups (broad SMARTS) is 2. The van der Waals surface area contributed by atoms with Crippen molar-refractivity contribution < 1.29 is 33.7 Å². The van der Waals surface area contributed by atoms with E-state index in [2.05, 4.69) is 4.98 Å². The quantitative estimate of drug-likeness (QED) is 0.534. The van der Waals surface area contributed by atoms with E-state index in [9.17, 15) is 9.59 Å². The molecule has 0 fully saturated rings. The largest absolute Gasteiger partial charge is 0.482 e. The number of rotatable bonds is 6. The monoisotopic (exact) mass is 367 g/mol. The fraction of sp³-hybridized carbons (Fsp3) is 0.105. The molecule has 8 nitrogen and oxygen atoms in total. The van der Waals surface area contributed by atoms with E-state index in [0.29, 0.717) is 33.2 Å². The zero-order valence-electron chi connectivity index (χ0n) is 13.8. The van der Waals surface area contributed by atoms with Crippen molar-refractivity contribution in [1.29, 1.82) is 0 Å². The van der Waals surface area contributed by atoms with Crippen molar-refractivity contribution in [2.24, 2.45) is 0 Å². The number of benzene rings is 2. The number of carboxylic acids is 2. The molecule has 0 unspecified atom stereocenters. The Labute approximate surface area is 151 Å². The summed E-state index contributed by atoms with van der Waals surface area (Å²) in [5.74, 6) is -1.65. The second-order valence-electron chi connectivity index (χ2n) is 5.77. The Balaban J connectivity index is 1.92. The van der Waals surface area contributed by atoms with Gasteiger partial charge in [0.05, 0.1) is 5.39 Å². The van der Waals surface area contributed by atoms with Gasteiger partial charge in [-0.15, -0.1) is 0 Å². The average Bonchev–Trinajstić information content (AvgIpc) is 3.02. The first kappa shape index (κ1) is 16.6. The third-order valence-corrected chi connectivity index (χ3v) is 3.94. The minimum Gasteiger partial charge on any atom is -0.482 e. The van der Waals surface area contributed by atoms with Gasteiger partial charge in [-0.3, -0.25) is 0 Å². The minimum absolute atomic E-state index is 0.181. The number of hydrogen-bond acceptors (Lipinski definition) is 6. The molecule has 4 rings (SSSR count). The summed E-state index contributed by atoms with van der Waals surface area (Å²) in [6.07, 6.45) is 0. The zero-order valence-corrected chi connectivity index (χ0v) is 13.8. The van der Waals surface area contributed by atoms with Crippen LogP contribution >= 0.6 is 0 Å². The van der Waals surface area contributed by atoms with Crippen LogP contribution in [0, 0.1) is 0 Å². The summed E-state index contributed by atoms with van der Waals surface area (Å²) in [6, 6.07) is 12.1. The Morgan fingerprint density at radius 1 is 0.926 bits per heavy atom. The number of hydrogen-bond donors (Lipinski definition) is 2. The predicted molar refractivity (Wildman–Crippen MR) is 95.3 cm³/mol. The summed E-state index contributed by atoms with van der Waals surface area (Å²) in [6.45, 7) is -0.990. The van der Waals surface area contributed by atoms with Crippen LogP contribution in [0.2, 0.25) is 0 Å². The van der Waals surface area contributed by atoms with Gasteiger partial charge in [-0.05, 0) is 24.3 Å². The molecule has 2 heterocycles. The van der Waals surface area contributed by atoms with E-state index in [1.54, 1.807) is 30.3 Å². The van der Waals surface area contributed by atoms with Gasteiger partial charge in [0.1, 0.15) is 16.8 Å². The van der Waals surface area contributed by atoms with Crippen molar-refractivity contribution in [3.05, 3.63) is 42.5 Å². The lowest BCUT2D eigenvalue weighted by Gasteiger charge is -2.07. The lowest BCUT2D eigenvalue weighted by atomic mass is 10.1. The Bertz CT molecular complexity index is 1200. The molecule has 0 saturated carbocycles. The summed E-state index contributed by atoms with van der Waals surface area (Å²) >= 11 is 0. The molecule has 0 atom stereocenters. The first-order chi connectivity index (χ1) is 13.0. The van der Waals surface area contributed by atoms with Crippen LogP contribution < -0.4 is 9.47 Å². The molecule has 27 heavy (non-hydrogen) atoms. The Hall–Kier alpha value is -3.81. The van der Waals surface area contributed by atoms with Gasteiger partial charge in [-0.1, -0.05) is 18.2 Å². The van der Waals surface area contributed by atoms with Gasteiger partial charge in [0.2, 0.25) is 5.88 Å². The molecule has 0 aliphatic heterocycles. The molecule has 2 aromatic carbocycles. The fourth-order valence-corrected chi connectivity index (χ4v) is 2.86. The molecule has 136 valence electrons. The second kappa shape index (κ2) is 6.49. The van der Waals surface area contributed by atoms with Crippen molar-refractivity contribution in [2.45, 2.75) is 0 Å². The van der Waals surface area contributed by atoms with Gasteiger partial charge in [0.25, 0.3) is 0 Å². The maximum Gasteiger partial charge on any atom is 0.341 e. The number of nitrogens with zero attached hydrogens (tertiary/aromatic N) is 1. The molecule has 0 radical (unpaired) electrons. The summed E-state index contributed by atoms with van der Waals surface area (Å²) in [4.78, 5) is 26.0. The SMILES string of the molecule is O=C(O)COc1ccc2oc3c4ccccc4c(OCC(=O)O)nc3c2c1. The van der Waals surface area contributed by atoms with Crippen LogP contribution in [0.15, 0.2) is 46.9 Å². The molecule has 2 N–H and O–H groups in total. The topological polar surface area (TPSA) is 119 Å². The molecule has 0 bridgehead atoms. The number of carbonyl (C=O) groups is 2. The van der Waals surface area contributed by atoms with Crippen molar-refractivity contribution in [2.75, 3.05) is 13.2 Å². The zero-order chi connectivity index (χ0) is 19.0. The summed E-state index contributed by atoms with van der Waals surface area (Å²) in [5.41, 5.74) is 1.55. The fourth-order valence-electron chi connectivity index (χ4n) is 2.86. The van der Waals surface area contributed by atoms with Gasteiger partial charge < -0.3 is 24.1 Å². The molecular weight excluding hydrogens is 354 g/mol. The number of fused-ring (bicyclic) bond motifs is 5. The number of ether oxygens (including phenoxy) is 2. The maximum absolute atomic E-state index is 10.9. The number of aromatic nitrogens is 1. The lowest BCUT2D eigenvalue weighted by Crippen LogP contribution is -2.10. The third kappa shape index (κ3) is 3.08. The highest BCUT2D eigenvalue weighted by atomic mass is 16.5. The first-order valence-corrected chi connectivity index (χ1v) is 7.97. The van der Waals surface area contributed by atoms with E-state index in [1.165, 1.54) is 0 Å². The van der Waals surface area contributed by atoms with E-state index in [0.717, 1.165) is 5.39 Å². The van der Waals surface area contributed by atoms with Crippen LogP contribution in [0.4, 0.5) is 0 Å². The van der Waals surface area contributed by atoms with Crippen LogP contribution in [0.25, 0.3) is 32.8 Å². The average molecular weight is 367 g/mol. The van der Waals surface area contributed by atoms with Crippen LogP contribution in [-0.4, -0.2) is 40.3 Å². The Morgan fingerprint density at radius 3 is 2.37 bits per heavy atom. The Morgan fingerprint density at radius 2 is 1.63 bits per heavy atom. The van der Waals surface area contributed by atoms with Gasteiger partial charge in [-0.2, -0.15) is 0 Å². The molecule has 0 spiro atoms. The molecule has 0 saturated heterocycles. The highest BCUT2D eigenvalue weighted by Crippen LogP contribution is 2.37. The number of furan rings is 1. The molecule has 4 aromatic rings. The number of pyridine rings is 1. The van der Waals surface area contributed by atoms with Crippen LogP contribution in [0.3, 0.4) is 0 Å². The van der Waals surface area contributed by atoms with Gasteiger partial charge in [0, 0.05) is 10.8 Å². The molecule has 8 heteroatoms. The third-order valence-electron chi connectivity index (χ3n) is 3.94. The smallest absolute Gasteiger partial charge is 0.341 e. The van der Waals surface area contributed by atoms with Gasteiger partial charge in [-0.25, -0.2) is 14.6 Å². The summed E-state index contributed by atoms with van der Waals surface area (Å²) in [5, 5.41) is 19.6. The lowest BCUT2D eigenvalue weighted by molar-refractivity contribution is -0.140.